The maximum atomic E-state index is 12.9. The summed E-state index contributed by atoms with van der Waals surface area (Å²) in [5.41, 5.74) is 1.87. The van der Waals surface area contributed by atoms with Crippen molar-refractivity contribution in [1.29, 1.82) is 0 Å². The number of aromatic nitrogens is 1. The normalized spacial score (nSPS) is 10.3. The summed E-state index contributed by atoms with van der Waals surface area (Å²) in [6.45, 7) is 3.44. The molecule has 0 aliphatic heterocycles. The maximum absolute atomic E-state index is 12.9. The van der Waals surface area contributed by atoms with Gasteiger partial charge in [-0.05, 0) is 24.3 Å². The lowest BCUT2D eigenvalue weighted by Crippen LogP contribution is -2.34. The number of rotatable bonds is 7. The molecule has 0 N–H and O–H groups in total. The molecule has 0 aliphatic carbocycles. The number of anilines is 1. The first-order valence-electron chi connectivity index (χ1n) is 8.43. The summed E-state index contributed by atoms with van der Waals surface area (Å²) >= 11 is 1.32. The molecule has 0 spiro atoms. The molecule has 3 aromatic rings. The van der Waals surface area contributed by atoms with E-state index in [0.29, 0.717) is 5.13 Å². The molecule has 1 heterocycles. The van der Waals surface area contributed by atoms with Gasteiger partial charge < -0.3 is 4.74 Å². The number of halogens is 1. The Hall–Kier alpha value is -3.32. The molecule has 142 valence electrons. The van der Waals surface area contributed by atoms with Crippen molar-refractivity contribution in [3.05, 3.63) is 84.0 Å². The summed E-state index contributed by atoms with van der Waals surface area (Å²) in [6, 6.07) is 14.5. The number of esters is 1. The number of carbonyl (C=O) groups excluding carboxylic acids is 2. The molecule has 0 saturated carbocycles. The second-order valence-corrected chi connectivity index (χ2v) is 6.59. The molecular formula is C21H17FN2O3S. The van der Waals surface area contributed by atoms with Gasteiger partial charge in [-0.1, -0.05) is 36.4 Å². The van der Waals surface area contributed by atoms with Gasteiger partial charge >= 0.3 is 5.97 Å². The van der Waals surface area contributed by atoms with Crippen LogP contribution in [0.25, 0.3) is 11.3 Å². The van der Waals surface area contributed by atoms with Crippen molar-refractivity contribution in [2.45, 2.75) is 0 Å². The predicted molar refractivity (Wildman–Crippen MR) is 107 cm³/mol. The van der Waals surface area contributed by atoms with Gasteiger partial charge in [-0.2, -0.15) is 0 Å². The van der Waals surface area contributed by atoms with Crippen LogP contribution in [-0.2, 0) is 9.53 Å². The number of amides is 1. The van der Waals surface area contributed by atoms with Gasteiger partial charge in [0.25, 0.3) is 5.91 Å². The summed E-state index contributed by atoms with van der Waals surface area (Å²) in [6.07, 6.45) is 1.57. The number of carbonyl (C=O) groups is 2. The van der Waals surface area contributed by atoms with Gasteiger partial charge in [-0.3, -0.25) is 9.69 Å². The molecule has 0 unspecified atom stereocenters. The zero-order valence-electron chi connectivity index (χ0n) is 14.9. The molecule has 0 bridgehead atoms. The lowest BCUT2D eigenvalue weighted by Gasteiger charge is -2.17. The van der Waals surface area contributed by atoms with E-state index >= 15 is 0 Å². The zero-order valence-corrected chi connectivity index (χ0v) is 15.7. The minimum Gasteiger partial charge on any atom is -0.452 e. The fraction of sp³-hybridized carbons (Fsp3) is 0.0952. The Balaban J connectivity index is 1.69. The number of hydrogen-bond donors (Lipinski definition) is 0. The average Bonchev–Trinajstić information content (AvgIpc) is 3.21. The molecule has 7 heteroatoms. The van der Waals surface area contributed by atoms with E-state index in [1.807, 2.05) is 35.7 Å². The quantitative estimate of drug-likeness (QED) is 0.441. The molecule has 1 aromatic heterocycles. The molecule has 28 heavy (non-hydrogen) atoms. The third-order valence-electron chi connectivity index (χ3n) is 3.81. The largest absolute Gasteiger partial charge is 0.452 e. The molecule has 0 radical (unpaired) electrons. The molecule has 3 rings (SSSR count). The number of ether oxygens (including phenoxy) is 1. The standard InChI is InChI=1S/C21H17FN2O3S/c1-2-12-24(21-23-18(14-28-21)15-6-4-3-5-7-15)19(25)13-27-20(26)16-8-10-17(22)11-9-16/h2-11,14H,1,12-13H2. The first-order chi connectivity index (χ1) is 13.6. The van der Waals surface area contributed by atoms with Crippen LogP contribution < -0.4 is 4.90 Å². The van der Waals surface area contributed by atoms with E-state index in [2.05, 4.69) is 11.6 Å². The van der Waals surface area contributed by atoms with E-state index < -0.39 is 24.3 Å². The van der Waals surface area contributed by atoms with Gasteiger partial charge in [0.05, 0.1) is 11.3 Å². The van der Waals surface area contributed by atoms with Crippen molar-refractivity contribution in [2.24, 2.45) is 0 Å². The van der Waals surface area contributed by atoms with E-state index in [0.717, 1.165) is 23.4 Å². The van der Waals surface area contributed by atoms with Crippen molar-refractivity contribution in [1.82, 2.24) is 4.98 Å². The van der Waals surface area contributed by atoms with Gasteiger partial charge in [-0.25, -0.2) is 14.2 Å². The monoisotopic (exact) mass is 396 g/mol. The molecule has 0 aliphatic rings. The molecule has 2 aromatic carbocycles. The summed E-state index contributed by atoms with van der Waals surface area (Å²) in [7, 11) is 0. The highest BCUT2D eigenvalue weighted by Crippen LogP contribution is 2.27. The zero-order chi connectivity index (χ0) is 19.9. The highest BCUT2D eigenvalue weighted by atomic mass is 32.1. The van der Waals surface area contributed by atoms with Crippen LogP contribution in [0.4, 0.5) is 9.52 Å². The number of benzene rings is 2. The van der Waals surface area contributed by atoms with Crippen molar-refractivity contribution in [3.63, 3.8) is 0 Å². The Morgan fingerprint density at radius 1 is 1.14 bits per heavy atom. The fourth-order valence-electron chi connectivity index (χ4n) is 2.42. The lowest BCUT2D eigenvalue weighted by molar-refractivity contribution is -0.121. The third-order valence-corrected chi connectivity index (χ3v) is 4.68. The van der Waals surface area contributed by atoms with Crippen LogP contribution in [0.2, 0.25) is 0 Å². The Kier molecular flexibility index (Phi) is 6.29. The maximum Gasteiger partial charge on any atom is 0.338 e. The van der Waals surface area contributed by atoms with E-state index in [4.69, 9.17) is 4.74 Å². The highest BCUT2D eigenvalue weighted by Gasteiger charge is 2.20. The molecule has 5 nitrogen and oxygen atoms in total. The predicted octanol–water partition coefficient (Wildman–Crippen LogP) is 4.33. The fourth-order valence-corrected chi connectivity index (χ4v) is 3.28. The van der Waals surface area contributed by atoms with Crippen LogP contribution in [0.3, 0.4) is 0 Å². The number of thiazole rings is 1. The molecule has 0 fully saturated rings. The van der Waals surface area contributed by atoms with E-state index in [1.165, 1.54) is 28.4 Å². The minimum absolute atomic E-state index is 0.171. The van der Waals surface area contributed by atoms with Crippen molar-refractivity contribution in [3.8, 4) is 11.3 Å². The number of hydrogen-bond acceptors (Lipinski definition) is 5. The second-order valence-electron chi connectivity index (χ2n) is 5.76. The molecule has 1 amide bonds. The SMILES string of the molecule is C=CCN(C(=O)COC(=O)c1ccc(F)cc1)c1nc(-c2ccccc2)cs1. The average molecular weight is 396 g/mol. The van der Waals surface area contributed by atoms with Gasteiger partial charge in [0, 0.05) is 17.5 Å². The molecular weight excluding hydrogens is 379 g/mol. The Labute approximate surface area is 165 Å². The first kappa shape index (κ1) is 19.4. The molecule has 0 atom stereocenters. The topological polar surface area (TPSA) is 59.5 Å². The van der Waals surface area contributed by atoms with Gasteiger partial charge in [0.15, 0.2) is 11.7 Å². The van der Waals surface area contributed by atoms with E-state index in [-0.39, 0.29) is 12.1 Å². The Morgan fingerprint density at radius 3 is 2.54 bits per heavy atom. The minimum atomic E-state index is -0.698. The Bertz CT molecular complexity index is 971. The van der Waals surface area contributed by atoms with Crippen LogP contribution in [0.1, 0.15) is 10.4 Å². The van der Waals surface area contributed by atoms with Crippen LogP contribution in [0.5, 0.6) is 0 Å². The number of nitrogens with zero attached hydrogens (tertiary/aromatic N) is 2. The van der Waals surface area contributed by atoms with E-state index in [9.17, 15) is 14.0 Å². The Morgan fingerprint density at radius 2 is 1.86 bits per heavy atom. The van der Waals surface area contributed by atoms with E-state index in [1.54, 1.807) is 6.08 Å². The van der Waals surface area contributed by atoms with Crippen molar-refractivity contribution >= 4 is 28.3 Å². The van der Waals surface area contributed by atoms with Crippen molar-refractivity contribution < 1.29 is 18.7 Å². The highest BCUT2D eigenvalue weighted by molar-refractivity contribution is 7.14. The third kappa shape index (κ3) is 4.69. The summed E-state index contributed by atoms with van der Waals surface area (Å²) < 4.78 is 18.0. The van der Waals surface area contributed by atoms with Crippen LogP contribution >= 0.6 is 11.3 Å². The van der Waals surface area contributed by atoms with Crippen LogP contribution in [0.15, 0.2) is 72.6 Å². The summed E-state index contributed by atoms with van der Waals surface area (Å²) in [4.78, 5) is 30.5. The van der Waals surface area contributed by atoms with Gasteiger partial charge in [0.2, 0.25) is 0 Å². The first-order valence-corrected chi connectivity index (χ1v) is 9.31. The van der Waals surface area contributed by atoms with Crippen molar-refractivity contribution in [2.75, 3.05) is 18.1 Å². The summed E-state index contributed by atoms with van der Waals surface area (Å²) in [5.74, 6) is -1.58. The molecule has 0 saturated heterocycles. The van der Waals surface area contributed by atoms with Crippen LogP contribution in [0, 0.1) is 5.82 Å². The summed E-state index contributed by atoms with van der Waals surface area (Å²) in [5, 5.41) is 2.35. The second kappa shape index (κ2) is 9.05. The van der Waals surface area contributed by atoms with Gasteiger partial charge in [0.1, 0.15) is 5.82 Å². The van der Waals surface area contributed by atoms with Gasteiger partial charge in [-0.15, -0.1) is 17.9 Å². The lowest BCUT2D eigenvalue weighted by atomic mass is 10.2. The van der Waals surface area contributed by atoms with Crippen LogP contribution in [-0.4, -0.2) is 30.0 Å². The smallest absolute Gasteiger partial charge is 0.338 e.